The second-order valence-electron chi connectivity index (χ2n) is 5.24. The van der Waals surface area contributed by atoms with Crippen molar-refractivity contribution < 1.29 is 0 Å². The summed E-state index contributed by atoms with van der Waals surface area (Å²) >= 11 is 0.987. The first-order valence-electron chi connectivity index (χ1n) is 6.92. The molecule has 24 heavy (non-hydrogen) atoms. The Balaban J connectivity index is 2.20. The first-order chi connectivity index (χ1) is 11.3. The zero-order valence-electron chi connectivity index (χ0n) is 13.4. The van der Waals surface area contributed by atoms with Crippen molar-refractivity contribution in [2.45, 2.75) is 24.0 Å². The van der Waals surface area contributed by atoms with Gasteiger partial charge in [-0.05, 0) is 31.7 Å². The van der Waals surface area contributed by atoms with Crippen molar-refractivity contribution in [2.24, 2.45) is 14.1 Å². The molecule has 122 valence electrons. The van der Waals surface area contributed by atoms with Crippen molar-refractivity contribution >= 4 is 17.5 Å². The Morgan fingerprint density at radius 2 is 1.88 bits per heavy atom. The molecular formula is C14H13N7O2S. The molecule has 0 radical (unpaired) electrons. The lowest BCUT2D eigenvalue weighted by Gasteiger charge is -2.08. The molecule has 3 heterocycles. The number of hydrogen-bond donors (Lipinski definition) is 0. The summed E-state index contributed by atoms with van der Waals surface area (Å²) in [6, 6.07) is 3.72. The Kier molecular flexibility index (Phi) is 3.73. The van der Waals surface area contributed by atoms with Gasteiger partial charge in [0.2, 0.25) is 5.16 Å². The molecule has 0 spiro atoms. The van der Waals surface area contributed by atoms with Crippen LogP contribution >= 0.6 is 11.8 Å². The Bertz CT molecular complexity index is 1130. The average Bonchev–Trinajstić information content (AvgIpc) is 2.94. The molecule has 0 fully saturated rings. The van der Waals surface area contributed by atoms with Crippen molar-refractivity contribution in [1.29, 1.82) is 5.26 Å². The molecule has 3 rings (SSSR count). The first kappa shape index (κ1) is 15.9. The maximum atomic E-state index is 12.1. The van der Waals surface area contributed by atoms with Crippen molar-refractivity contribution in [3.8, 4) is 6.07 Å². The second kappa shape index (κ2) is 5.61. The summed E-state index contributed by atoms with van der Waals surface area (Å²) in [6.45, 7) is 3.73. The van der Waals surface area contributed by atoms with Crippen LogP contribution in [0.15, 0.2) is 25.8 Å². The van der Waals surface area contributed by atoms with Crippen molar-refractivity contribution in [2.75, 3.05) is 0 Å². The third-order valence-electron chi connectivity index (χ3n) is 3.51. The van der Waals surface area contributed by atoms with E-state index in [-0.39, 0.29) is 10.6 Å². The summed E-state index contributed by atoms with van der Waals surface area (Å²) in [5.41, 5.74) is 0.384. The van der Waals surface area contributed by atoms with Crippen LogP contribution in [-0.2, 0) is 14.1 Å². The minimum Gasteiger partial charge on any atom is -0.289 e. The summed E-state index contributed by atoms with van der Waals surface area (Å²) in [6.07, 6.45) is 0. The van der Waals surface area contributed by atoms with E-state index in [2.05, 4.69) is 15.1 Å². The minimum atomic E-state index is -0.642. The van der Waals surface area contributed by atoms with E-state index in [4.69, 9.17) is 0 Å². The third kappa shape index (κ3) is 2.39. The number of aromatic nitrogens is 6. The number of fused-ring (bicyclic) bond motifs is 1. The molecule has 0 aliphatic heterocycles. The Hall–Kier alpha value is -2.93. The normalized spacial score (nSPS) is 11.0. The molecule has 0 saturated carbocycles. The van der Waals surface area contributed by atoms with E-state index in [0.29, 0.717) is 10.9 Å². The van der Waals surface area contributed by atoms with Gasteiger partial charge < -0.3 is 0 Å². The predicted octanol–water partition coefficient (Wildman–Crippen LogP) is 0.161. The van der Waals surface area contributed by atoms with Gasteiger partial charge in [-0.2, -0.15) is 10.2 Å². The SMILES string of the molecule is Cc1cc(C)n2nc(Sc3c(C#N)c(=O)n(C)c(=O)n3C)nc2n1. The van der Waals surface area contributed by atoms with Crippen LogP contribution in [0.4, 0.5) is 0 Å². The van der Waals surface area contributed by atoms with Crippen molar-refractivity contribution in [3.05, 3.63) is 43.9 Å². The molecule has 3 aromatic heterocycles. The predicted molar refractivity (Wildman–Crippen MR) is 86.0 cm³/mol. The number of nitriles is 1. The quantitative estimate of drug-likeness (QED) is 0.609. The summed E-state index contributed by atoms with van der Waals surface area (Å²) in [7, 11) is 2.83. The first-order valence-corrected chi connectivity index (χ1v) is 7.74. The highest BCUT2D eigenvalue weighted by Crippen LogP contribution is 2.25. The fraction of sp³-hybridized carbons (Fsp3) is 0.286. The van der Waals surface area contributed by atoms with Gasteiger partial charge in [0.25, 0.3) is 11.3 Å². The van der Waals surface area contributed by atoms with Gasteiger partial charge in [0.1, 0.15) is 16.7 Å². The van der Waals surface area contributed by atoms with E-state index in [1.807, 2.05) is 26.0 Å². The summed E-state index contributed by atoms with van der Waals surface area (Å²) in [5.74, 6) is 0.419. The fourth-order valence-corrected chi connectivity index (χ4v) is 3.19. The van der Waals surface area contributed by atoms with E-state index in [0.717, 1.165) is 27.7 Å². The van der Waals surface area contributed by atoms with Crippen LogP contribution < -0.4 is 11.2 Å². The van der Waals surface area contributed by atoms with Crippen LogP contribution in [0.3, 0.4) is 0 Å². The smallest absolute Gasteiger partial charge is 0.289 e. The standard InChI is InChI=1S/C14H13N7O2S/c1-7-5-8(2)21-12(16-7)17-13(18-21)24-11-9(6-15)10(22)19(3)14(23)20(11)4/h5H,1-4H3. The van der Waals surface area contributed by atoms with Crippen LogP contribution in [0, 0.1) is 25.2 Å². The fourth-order valence-electron chi connectivity index (χ4n) is 2.32. The Morgan fingerprint density at radius 1 is 1.17 bits per heavy atom. The van der Waals surface area contributed by atoms with Crippen LogP contribution in [0.2, 0.25) is 0 Å². The van der Waals surface area contributed by atoms with Crippen LogP contribution in [0.1, 0.15) is 17.0 Å². The van der Waals surface area contributed by atoms with Gasteiger partial charge >= 0.3 is 5.69 Å². The molecular weight excluding hydrogens is 330 g/mol. The van der Waals surface area contributed by atoms with Gasteiger partial charge in [-0.15, -0.1) is 5.10 Å². The highest BCUT2D eigenvalue weighted by Gasteiger charge is 2.19. The summed E-state index contributed by atoms with van der Waals surface area (Å²) < 4.78 is 3.71. The van der Waals surface area contributed by atoms with Gasteiger partial charge in [0, 0.05) is 25.5 Å². The molecule has 10 heteroatoms. The highest BCUT2D eigenvalue weighted by atomic mass is 32.2. The lowest BCUT2D eigenvalue weighted by Crippen LogP contribution is -2.39. The van der Waals surface area contributed by atoms with E-state index in [9.17, 15) is 14.9 Å². The topological polar surface area (TPSA) is 111 Å². The lowest BCUT2D eigenvalue weighted by atomic mass is 10.3. The zero-order valence-corrected chi connectivity index (χ0v) is 14.2. The number of hydrogen-bond acceptors (Lipinski definition) is 7. The van der Waals surface area contributed by atoms with Gasteiger partial charge in [0.15, 0.2) is 0 Å². The number of nitrogens with zero attached hydrogens (tertiary/aromatic N) is 7. The zero-order chi connectivity index (χ0) is 17.6. The van der Waals surface area contributed by atoms with Gasteiger partial charge in [-0.25, -0.2) is 14.3 Å². The Labute approximate surface area is 140 Å². The molecule has 3 aromatic rings. The Morgan fingerprint density at radius 3 is 2.54 bits per heavy atom. The van der Waals surface area contributed by atoms with Crippen LogP contribution in [-0.4, -0.2) is 28.7 Å². The van der Waals surface area contributed by atoms with E-state index in [1.54, 1.807) is 4.52 Å². The molecule has 0 amide bonds. The van der Waals surface area contributed by atoms with Crippen LogP contribution in [0.5, 0.6) is 0 Å². The maximum Gasteiger partial charge on any atom is 0.331 e. The molecule has 0 unspecified atom stereocenters. The average molecular weight is 343 g/mol. The minimum absolute atomic E-state index is 0.121. The van der Waals surface area contributed by atoms with E-state index >= 15 is 0 Å². The molecule has 0 bridgehead atoms. The molecule has 9 nitrogen and oxygen atoms in total. The highest BCUT2D eigenvalue weighted by molar-refractivity contribution is 7.99. The van der Waals surface area contributed by atoms with E-state index < -0.39 is 11.2 Å². The van der Waals surface area contributed by atoms with Crippen molar-refractivity contribution in [1.82, 2.24) is 28.7 Å². The number of aryl methyl sites for hydroxylation is 2. The maximum absolute atomic E-state index is 12.1. The molecule has 0 aromatic carbocycles. The lowest BCUT2D eigenvalue weighted by molar-refractivity contribution is 0.630. The van der Waals surface area contributed by atoms with Crippen molar-refractivity contribution in [3.63, 3.8) is 0 Å². The molecule has 0 aliphatic carbocycles. The van der Waals surface area contributed by atoms with Gasteiger partial charge in [-0.1, -0.05) is 0 Å². The second-order valence-corrected chi connectivity index (χ2v) is 6.20. The third-order valence-corrected chi connectivity index (χ3v) is 4.54. The monoisotopic (exact) mass is 343 g/mol. The number of rotatable bonds is 2. The van der Waals surface area contributed by atoms with Gasteiger partial charge in [0.05, 0.1) is 0 Å². The van der Waals surface area contributed by atoms with Gasteiger partial charge in [-0.3, -0.25) is 13.9 Å². The van der Waals surface area contributed by atoms with E-state index in [1.165, 1.54) is 18.7 Å². The summed E-state index contributed by atoms with van der Waals surface area (Å²) in [4.78, 5) is 32.8. The van der Waals surface area contributed by atoms with Crippen LogP contribution in [0.25, 0.3) is 5.78 Å². The molecule has 0 aliphatic rings. The molecule has 0 saturated heterocycles. The molecule has 0 atom stereocenters. The summed E-state index contributed by atoms with van der Waals surface area (Å²) in [5, 5.41) is 14.1. The molecule has 0 N–H and O–H groups in total. The largest absolute Gasteiger partial charge is 0.331 e.